The Labute approximate surface area is 84.0 Å². The van der Waals surface area contributed by atoms with Crippen LogP contribution < -0.4 is 5.32 Å². The Balaban J connectivity index is 2.73. The number of amides is 1. The van der Waals surface area contributed by atoms with Gasteiger partial charge in [-0.25, -0.2) is 0 Å². The standard InChI is InChI=1S/C9H6N2O4/c1-4-2-5-7(6(3-4)11(14)15)10-9(13)8(5)12/h2-3H,1H3,(H,10,12,13). The van der Waals surface area contributed by atoms with Gasteiger partial charge < -0.3 is 5.32 Å². The van der Waals surface area contributed by atoms with Gasteiger partial charge in [-0.3, -0.25) is 19.7 Å². The number of nitrogens with zero attached hydrogens (tertiary/aromatic N) is 1. The van der Waals surface area contributed by atoms with Crippen molar-refractivity contribution in [1.82, 2.24) is 0 Å². The van der Waals surface area contributed by atoms with Crippen LogP contribution in [0.2, 0.25) is 0 Å². The molecule has 1 aliphatic rings. The number of aryl methyl sites for hydroxylation is 1. The smallest absolute Gasteiger partial charge is 0.297 e. The van der Waals surface area contributed by atoms with Crippen LogP contribution >= 0.6 is 0 Å². The highest BCUT2D eigenvalue weighted by Crippen LogP contribution is 2.33. The van der Waals surface area contributed by atoms with E-state index < -0.39 is 16.6 Å². The summed E-state index contributed by atoms with van der Waals surface area (Å²) in [6, 6.07) is 2.78. The van der Waals surface area contributed by atoms with Crippen LogP contribution in [0.5, 0.6) is 0 Å². The Morgan fingerprint density at radius 2 is 2.00 bits per heavy atom. The van der Waals surface area contributed by atoms with Crippen LogP contribution in [0.4, 0.5) is 11.4 Å². The van der Waals surface area contributed by atoms with E-state index in [2.05, 4.69) is 5.32 Å². The van der Waals surface area contributed by atoms with Crippen molar-refractivity contribution in [1.29, 1.82) is 0 Å². The lowest BCUT2D eigenvalue weighted by atomic mass is 10.1. The van der Waals surface area contributed by atoms with Crippen molar-refractivity contribution in [2.75, 3.05) is 5.32 Å². The molecule has 0 saturated carbocycles. The molecule has 1 amide bonds. The summed E-state index contributed by atoms with van der Waals surface area (Å²) >= 11 is 0. The van der Waals surface area contributed by atoms with Crippen LogP contribution in [-0.4, -0.2) is 16.6 Å². The third-order valence-electron chi connectivity index (χ3n) is 2.15. The highest BCUT2D eigenvalue weighted by Gasteiger charge is 2.34. The third-order valence-corrected chi connectivity index (χ3v) is 2.15. The minimum Gasteiger partial charge on any atom is -0.313 e. The number of nitrogens with one attached hydrogen (secondary N) is 1. The summed E-state index contributed by atoms with van der Waals surface area (Å²) in [5, 5.41) is 12.9. The van der Waals surface area contributed by atoms with Crippen molar-refractivity contribution in [2.45, 2.75) is 6.92 Å². The van der Waals surface area contributed by atoms with E-state index in [9.17, 15) is 19.7 Å². The quantitative estimate of drug-likeness (QED) is 0.422. The zero-order valence-electron chi connectivity index (χ0n) is 7.73. The summed E-state index contributed by atoms with van der Waals surface area (Å²) in [7, 11) is 0. The Morgan fingerprint density at radius 3 is 2.60 bits per heavy atom. The van der Waals surface area contributed by atoms with Crippen LogP contribution in [-0.2, 0) is 4.79 Å². The largest absolute Gasteiger partial charge is 0.313 e. The number of hydrogen-bond donors (Lipinski definition) is 1. The summed E-state index contributed by atoms with van der Waals surface area (Å²) in [5.41, 5.74) is 0.404. The first-order valence-corrected chi connectivity index (χ1v) is 4.15. The minimum absolute atomic E-state index is 0.000556. The molecular formula is C9H6N2O4. The van der Waals surface area contributed by atoms with Crippen molar-refractivity contribution in [3.05, 3.63) is 33.4 Å². The molecule has 0 fully saturated rings. The number of carbonyl (C=O) groups excluding carboxylic acids is 2. The molecule has 0 unspecified atom stereocenters. The molecule has 0 spiro atoms. The summed E-state index contributed by atoms with van der Waals surface area (Å²) in [6.07, 6.45) is 0. The second-order valence-electron chi connectivity index (χ2n) is 3.25. The molecule has 1 heterocycles. The Morgan fingerprint density at radius 1 is 1.33 bits per heavy atom. The van der Waals surface area contributed by atoms with Crippen LogP contribution in [0.1, 0.15) is 15.9 Å². The van der Waals surface area contributed by atoms with Gasteiger partial charge in [0.05, 0.1) is 10.5 Å². The second kappa shape index (κ2) is 2.88. The average Bonchev–Trinajstić information content (AvgIpc) is 2.43. The number of nitro benzene ring substituents is 1. The van der Waals surface area contributed by atoms with E-state index in [-0.39, 0.29) is 16.9 Å². The number of fused-ring (bicyclic) bond motifs is 1. The number of carbonyl (C=O) groups is 2. The van der Waals surface area contributed by atoms with Gasteiger partial charge in [-0.05, 0) is 18.6 Å². The molecule has 1 aromatic rings. The van der Waals surface area contributed by atoms with E-state index >= 15 is 0 Å². The van der Waals surface area contributed by atoms with Crippen LogP contribution in [0.25, 0.3) is 0 Å². The number of anilines is 1. The van der Waals surface area contributed by atoms with Gasteiger partial charge in [0.2, 0.25) is 0 Å². The molecule has 0 saturated heterocycles. The third kappa shape index (κ3) is 1.26. The molecule has 76 valence electrons. The highest BCUT2D eigenvalue weighted by molar-refractivity contribution is 6.52. The maximum atomic E-state index is 11.3. The summed E-state index contributed by atoms with van der Waals surface area (Å²) in [6.45, 7) is 1.63. The zero-order chi connectivity index (χ0) is 11.2. The van der Waals surface area contributed by atoms with Gasteiger partial charge in [-0.15, -0.1) is 0 Å². The summed E-state index contributed by atoms with van der Waals surface area (Å²) in [5.74, 6) is -1.55. The molecule has 6 heteroatoms. The topological polar surface area (TPSA) is 89.3 Å². The minimum atomic E-state index is -0.821. The zero-order valence-corrected chi connectivity index (χ0v) is 7.73. The van der Waals surface area contributed by atoms with Crippen molar-refractivity contribution >= 4 is 23.1 Å². The second-order valence-corrected chi connectivity index (χ2v) is 3.25. The summed E-state index contributed by atoms with van der Waals surface area (Å²) < 4.78 is 0. The molecule has 0 radical (unpaired) electrons. The van der Waals surface area contributed by atoms with Crippen molar-refractivity contribution in [3.63, 3.8) is 0 Å². The van der Waals surface area contributed by atoms with Gasteiger partial charge in [-0.1, -0.05) is 0 Å². The number of rotatable bonds is 1. The number of nitro groups is 1. The van der Waals surface area contributed by atoms with E-state index in [4.69, 9.17) is 0 Å². The van der Waals surface area contributed by atoms with E-state index in [1.54, 1.807) is 6.92 Å². The van der Waals surface area contributed by atoms with Crippen LogP contribution in [0.15, 0.2) is 12.1 Å². The van der Waals surface area contributed by atoms with Gasteiger partial charge in [0.1, 0.15) is 5.69 Å². The summed E-state index contributed by atoms with van der Waals surface area (Å²) in [4.78, 5) is 32.4. The Hall–Kier alpha value is -2.24. The fourth-order valence-electron chi connectivity index (χ4n) is 1.51. The van der Waals surface area contributed by atoms with Crippen molar-refractivity contribution in [3.8, 4) is 0 Å². The number of benzene rings is 1. The molecule has 0 atom stereocenters. The molecule has 2 rings (SSSR count). The Kier molecular flexibility index (Phi) is 1.79. The molecule has 1 N–H and O–H groups in total. The monoisotopic (exact) mass is 206 g/mol. The fourth-order valence-corrected chi connectivity index (χ4v) is 1.51. The molecule has 0 aliphatic carbocycles. The average molecular weight is 206 g/mol. The van der Waals surface area contributed by atoms with Gasteiger partial charge in [0, 0.05) is 6.07 Å². The number of ketones is 1. The van der Waals surface area contributed by atoms with Crippen molar-refractivity contribution in [2.24, 2.45) is 0 Å². The first kappa shape index (κ1) is 9.32. The number of hydrogen-bond acceptors (Lipinski definition) is 4. The predicted octanol–water partition coefficient (Wildman–Crippen LogP) is 1.04. The lowest BCUT2D eigenvalue weighted by Crippen LogP contribution is -2.12. The first-order valence-electron chi connectivity index (χ1n) is 4.15. The van der Waals surface area contributed by atoms with Gasteiger partial charge >= 0.3 is 0 Å². The molecule has 0 bridgehead atoms. The van der Waals surface area contributed by atoms with Gasteiger partial charge in [-0.2, -0.15) is 0 Å². The molecule has 1 aliphatic heterocycles. The molecular weight excluding hydrogens is 200 g/mol. The molecule has 6 nitrogen and oxygen atoms in total. The normalized spacial score (nSPS) is 13.7. The highest BCUT2D eigenvalue weighted by atomic mass is 16.6. The first-order chi connectivity index (χ1) is 7.00. The van der Waals surface area contributed by atoms with Crippen LogP contribution in [0.3, 0.4) is 0 Å². The van der Waals surface area contributed by atoms with E-state index in [1.807, 2.05) is 0 Å². The van der Waals surface area contributed by atoms with Crippen molar-refractivity contribution < 1.29 is 14.5 Å². The van der Waals surface area contributed by atoms with E-state index in [1.165, 1.54) is 12.1 Å². The van der Waals surface area contributed by atoms with Gasteiger partial charge in [0.15, 0.2) is 0 Å². The maximum absolute atomic E-state index is 11.3. The number of Topliss-reactive ketones (excluding diaryl/α,β-unsaturated/α-hetero) is 1. The fraction of sp³-hybridized carbons (Fsp3) is 0.111. The maximum Gasteiger partial charge on any atom is 0.297 e. The van der Waals surface area contributed by atoms with Gasteiger partial charge in [0.25, 0.3) is 17.4 Å². The lowest BCUT2D eigenvalue weighted by Gasteiger charge is -2.00. The Bertz CT molecular complexity index is 507. The van der Waals surface area contributed by atoms with E-state index in [0.717, 1.165) is 0 Å². The SMILES string of the molecule is Cc1cc2c(c([N+](=O)[O-])c1)NC(=O)C2=O. The molecule has 0 aromatic heterocycles. The lowest BCUT2D eigenvalue weighted by molar-refractivity contribution is -0.384. The van der Waals surface area contributed by atoms with E-state index in [0.29, 0.717) is 5.56 Å². The predicted molar refractivity (Wildman–Crippen MR) is 50.8 cm³/mol. The molecule has 15 heavy (non-hydrogen) atoms. The van der Waals surface area contributed by atoms with Crippen LogP contribution in [0, 0.1) is 17.0 Å². The molecule has 1 aromatic carbocycles.